The Hall–Kier alpha value is -1.89. The minimum Gasteiger partial charge on any atom is -0.326 e. The molecule has 0 radical (unpaired) electrons. The first-order valence-corrected chi connectivity index (χ1v) is 8.99. The Kier molecular flexibility index (Phi) is 4.89. The van der Waals surface area contributed by atoms with Crippen molar-refractivity contribution >= 4 is 39.5 Å². The van der Waals surface area contributed by atoms with Crippen LogP contribution < -0.4 is 10.6 Å². The number of benzene rings is 1. The quantitative estimate of drug-likeness (QED) is 0.754. The van der Waals surface area contributed by atoms with Gasteiger partial charge < -0.3 is 10.6 Å². The smallest absolute Gasteiger partial charge is 0.325 e. The molecule has 0 atom stereocenters. The van der Waals surface area contributed by atoms with Crippen LogP contribution in [0.1, 0.15) is 38.5 Å². The van der Waals surface area contributed by atoms with Crippen LogP contribution in [-0.4, -0.2) is 34.8 Å². The third kappa shape index (κ3) is 3.45. The Bertz CT molecular complexity index is 654. The van der Waals surface area contributed by atoms with Gasteiger partial charge in [-0.05, 0) is 43.5 Å². The van der Waals surface area contributed by atoms with Gasteiger partial charge in [-0.15, -0.1) is 0 Å². The first-order valence-electron chi connectivity index (χ1n) is 8.20. The minimum atomic E-state index is -0.670. The van der Waals surface area contributed by atoms with E-state index >= 15 is 0 Å². The molecule has 6 nitrogen and oxygen atoms in total. The van der Waals surface area contributed by atoms with Crippen LogP contribution in [0.5, 0.6) is 0 Å². The van der Waals surface area contributed by atoms with Gasteiger partial charge in [-0.25, -0.2) is 4.79 Å². The van der Waals surface area contributed by atoms with Crippen LogP contribution in [0.3, 0.4) is 0 Å². The second-order valence-corrected chi connectivity index (χ2v) is 7.25. The van der Waals surface area contributed by atoms with E-state index in [-0.39, 0.29) is 30.8 Å². The van der Waals surface area contributed by atoms with Crippen molar-refractivity contribution < 1.29 is 14.4 Å². The van der Waals surface area contributed by atoms with Crippen LogP contribution in [0.25, 0.3) is 0 Å². The fraction of sp³-hybridized carbons (Fsp3) is 0.471. The molecule has 1 saturated carbocycles. The Balaban J connectivity index is 1.47. The molecule has 24 heavy (non-hydrogen) atoms. The van der Waals surface area contributed by atoms with E-state index in [4.69, 9.17) is 0 Å². The van der Waals surface area contributed by atoms with Crippen molar-refractivity contribution in [1.29, 1.82) is 0 Å². The number of nitrogens with one attached hydrogen (secondary N) is 2. The highest BCUT2D eigenvalue weighted by Gasteiger charge is 2.51. The average molecular weight is 394 g/mol. The third-order valence-electron chi connectivity index (χ3n) is 4.62. The predicted octanol–water partition coefficient (Wildman–Crippen LogP) is 3.03. The molecular formula is C17H20BrN3O3. The highest BCUT2D eigenvalue weighted by atomic mass is 79.9. The molecule has 2 aliphatic rings. The molecule has 1 spiro atoms. The average Bonchev–Trinajstić information content (AvgIpc) is 3.10. The van der Waals surface area contributed by atoms with Gasteiger partial charge in [-0.2, -0.15) is 0 Å². The normalized spacial score (nSPS) is 19.0. The van der Waals surface area contributed by atoms with Crippen LogP contribution >= 0.6 is 15.9 Å². The molecule has 4 amide bonds. The lowest BCUT2D eigenvalue weighted by atomic mass is 9.98. The van der Waals surface area contributed by atoms with Gasteiger partial charge in [0.2, 0.25) is 5.91 Å². The molecule has 128 valence electrons. The number of hydrogen-bond acceptors (Lipinski definition) is 3. The zero-order valence-electron chi connectivity index (χ0n) is 13.3. The molecular weight excluding hydrogens is 374 g/mol. The fourth-order valence-corrected chi connectivity index (χ4v) is 3.62. The first-order chi connectivity index (χ1) is 11.5. The van der Waals surface area contributed by atoms with Gasteiger partial charge >= 0.3 is 6.03 Å². The third-order valence-corrected chi connectivity index (χ3v) is 5.15. The fourth-order valence-electron chi connectivity index (χ4n) is 3.35. The van der Waals surface area contributed by atoms with Gasteiger partial charge in [-0.1, -0.05) is 28.8 Å². The summed E-state index contributed by atoms with van der Waals surface area (Å²) in [6.07, 6.45) is 4.10. The molecule has 3 rings (SSSR count). The van der Waals surface area contributed by atoms with Crippen LogP contribution in [0, 0.1) is 0 Å². The molecule has 0 unspecified atom stereocenters. The standard InChI is InChI=1S/C17H20BrN3O3/c18-12-5-7-13(8-6-12)19-14(22)4-3-11-21-15(23)17(20-16(21)24)9-1-2-10-17/h5-8H,1-4,9-11H2,(H,19,22)(H,20,24). The number of urea groups is 1. The Morgan fingerprint density at radius 2 is 1.88 bits per heavy atom. The van der Waals surface area contributed by atoms with Crippen LogP contribution in [0.4, 0.5) is 10.5 Å². The van der Waals surface area contributed by atoms with E-state index in [0.717, 1.165) is 35.8 Å². The van der Waals surface area contributed by atoms with Gasteiger partial charge in [0.25, 0.3) is 5.91 Å². The highest BCUT2D eigenvalue weighted by Crippen LogP contribution is 2.35. The Labute approximate surface area is 149 Å². The summed E-state index contributed by atoms with van der Waals surface area (Å²) in [5, 5.41) is 5.65. The van der Waals surface area contributed by atoms with Crippen LogP contribution in [0.2, 0.25) is 0 Å². The summed E-state index contributed by atoms with van der Waals surface area (Å²) in [4.78, 5) is 37.7. The van der Waals surface area contributed by atoms with E-state index in [9.17, 15) is 14.4 Å². The van der Waals surface area contributed by atoms with Gasteiger partial charge in [0, 0.05) is 23.1 Å². The molecule has 2 N–H and O–H groups in total. The van der Waals surface area contributed by atoms with Gasteiger partial charge in [0.1, 0.15) is 5.54 Å². The molecule has 0 bridgehead atoms. The Morgan fingerprint density at radius 3 is 2.54 bits per heavy atom. The summed E-state index contributed by atoms with van der Waals surface area (Å²) in [6, 6.07) is 7.00. The second kappa shape index (κ2) is 6.93. The van der Waals surface area contributed by atoms with E-state index < -0.39 is 5.54 Å². The first kappa shape index (κ1) is 17.0. The van der Waals surface area contributed by atoms with E-state index in [1.54, 1.807) is 0 Å². The van der Waals surface area contributed by atoms with Crippen molar-refractivity contribution in [3.05, 3.63) is 28.7 Å². The van der Waals surface area contributed by atoms with Gasteiger partial charge in [-0.3, -0.25) is 14.5 Å². The van der Waals surface area contributed by atoms with Crippen molar-refractivity contribution in [2.45, 2.75) is 44.1 Å². The van der Waals surface area contributed by atoms with E-state index in [2.05, 4.69) is 26.6 Å². The highest BCUT2D eigenvalue weighted by molar-refractivity contribution is 9.10. The van der Waals surface area contributed by atoms with Crippen LogP contribution in [-0.2, 0) is 9.59 Å². The largest absolute Gasteiger partial charge is 0.326 e. The summed E-state index contributed by atoms with van der Waals surface area (Å²) < 4.78 is 0.944. The molecule has 2 fully saturated rings. The summed E-state index contributed by atoms with van der Waals surface area (Å²) in [5.74, 6) is -0.252. The number of imide groups is 1. The summed E-state index contributed by atoms with van der Waals surface area (Å²) >= 11 is 3.34. The molecule has 1 aliphatic carbocycles. The zero-order valence-corrected chi connectivity index (χ0v) is 14.9. The Morgan fingerprint density at radius 1 is 1.21 bits per heavy atom. The summed E-state index contributed by atoms with van der Waals surface area (Å²) in [5.41, 5.74) is 0.0552. The van der Waals surface area contributed by atoms with E-state index in [0.29, 0.717) is 6.42 Å². The topological polar surface area (TPSA) is 78.5 Å². The number of anilines is 1. The molecule has 7 heteroatoms. The van der Waals surface area contributed by atoms with Gasteiger partial charge in [0.05, 0.1) is 0 Å². The van der Waals surface area contributed by atoms with E-state index in [1.165, 1.54) is 4.90 Å². The predicted molar refractivity (Wildman–Crippen MR) is 93.4 cm³/mol. The number of nitrogens with zero attached hydrogens (tertiary/aromatic N) is 1. The number of hydrogen-bond donors (Lipinski definition) is 2. The summed E-state index contributed by atoms with van der Waals surface area (Å²) in [6.45, 7) is 0.278. The molecule has 1 aliphatic heterocycles. The van der Waals surface area contributed by atoms with Crippen molar-refractivity contribution in [2.75, 3.05) is 11.9 Å². The zero-order chi connectivity index (χ0) is 17.2. The number of carbonyl (C=O) groups is 3. The molecule has 1 aromatic carbocycles. The number of amides is 4. The maximum absolute atomic E-state index is 12.5. The molecule has 1 saturated heterocycles. The second-order valence-electron chi connectivity index (χ2n) is 6.33. The lowest BCUT2D eigenvalue weighted by Gasteiger charge is -2.19. The maximum Gasteiger partial charge on any atom is 0.325 e. The van der Waals surface area contributed by atoms with Crippen molar-refractivity contribution in [3.8, 4) is 0 Å². The lowest BCUT2D eigenvalue weighted by molar-refractivity contribution is -0.131. The number of rotatable bonds is 5. The maximum atomic E-state index is 12.5. The molecule has 1 heterocycles. The van der Waals surface area contributed by atoms with E-state index in [1.807, 2.05) is 24.3 Å². The molecule has 1 aromatic rings. The summed E-state index contributed by atoms with van der Waals surface area (Å²) in [7, 11) is 0. The molecule has 0 aromatic heterocycles. The number of carbonyl (C=O) groups excluding carboxylic acids is 3. The monoisotopic (exact) mass is 393 g/mol. The van der Waals surface area contributed by atoms with Gasteiger partial charge in [0.15, 0.2) is 0 Å². The van der Waals surface area contributed by atoms with Crippen LogP contribution in [0.15, 0.2) is 28.7 Å². The number of halogens is 1. The minimum absolute atomic E-state index is 0.125. The lowest BCUT2D eigenvalue weighted by Crippen LogP contribution is -2.44. The SMILES string of the molecule is O=C(CCCN1C(=O)NC2(CCCC2)C1=O)Nc1ccc(Br)cc1. The van der Waals surface area contributed by atoms with Crippen molar-refractivity contribution in [2.24, 2.45) is 0 Å². The van der Waals surface area contributed by atoms with Crippen molar-refractivity contribution in [3.63, 3.8) is 0 Å². The van der Waals surface area contributed by atoms with Crippen molar-refractivity contribution in [1.82, 2.24) is 10.2 Å².